The molecule has 1 radical (unpaired) electrons. The van der Waals surface area contributed by atoms with Crippen LogP contribution in [0.1, 0.15) is 6.92 Å². The van der Waals surface area contributed by atoms with Crippen LogP contribution in [0, 0.1) is 0 Å². The van der Waals surface area contributed by atoms with Gasteiger partial charge in [0.2, 0.25) is 0 Å². The molecule has 5 heteroatoms. The fourth-order valence-electron chi connectivity index (χ4n) is 1.14. The Balaban J connectivity index is 3.86. The molecule has 0 spiro atoms. The summed E-state index contributed by atoms with van der Waals surface area (Å²) in [5.41, 5.74) is -0.0122. The van der Waals surface area contributed by atoms with E-state index in [2.05, 4.69) is 55.0 Å². The van der Waals surface area contributed by atoms with E-state index in [1.165, 1.54) is 0 Å². The Morgan fingerprint density at radius 3 is 2.50 bits per heavy atom. The summed E-state index contributed by atoms with van der Waals surface area (Å²) in [5.74, 6) is 0. The van der Waals surface area contributed by atoms with Crippen LogP contribution in [0.25, 0.3) is 0 Å². The van der Waals surface area contributed by atoms with Crippen LogP contribution in [0.2, 0.25) is 6.32 Å². The molecule has 0 aliphatic rings. The van der Waals surface area contributed by atoms with Crippen molar-refractivity contribution in [1.29, 1.82) is 0 Å². The van der Waals surface area contributed by atoms with E-state index in [0.717, 1.165) is 19.0 Å². The van der Waals surface area contributed by atoms with Crippen LogP contribution in [0.4, 0.5) is 0 Å². The minimum absolute atomic E-state index is 0.0122. The fraction of sp³-hybridized carbons (Fsp3) is 1.00. The van der Waals surface area contributed by atoms with Gasteiger partial charge in [-0.25, -0.2) is 0 Å². The van der Waals surface area contributed by atoms with E-state index in [1.807, 2.05) is 0 Å². The molecule has 0 aromatic carbocycles. The number of hydrogen-bond acceptors (Lipinski definition) is 2. The summed E-state index contributed by atoms with van der Waals surface area (Å²) in [6, 6.07) is 0. The highest BCUT2D eigenvalue weighted by Gasteiger charge is 2.23. The number of rotatable bonds is 6. The van der Waals surface area contributed by atoms with Crippen LogP contribution < -0.4 is 0 Å². The van der Waals surface area contributed by atoms with Gasteiger partial charge in [0.1, 0.15) is 0 Å². The largest absolute Gasteiger partial charge is 0.378 e. The summed E-state index contributed by atoms with van der Waals surface area (Å²) in [4.78, 5) is 2.16. The lowest BCUT2D eigenvalue weighted by atomic mass is 9.86. The second-order valence-corrected chi connectivity index (χ2v) is 5.90. The van der Waals surface area contributed by atoms with Crippen LogP contribution in [0.3, 0.4) is 0 Å². The SMILES string of the molecule is COC(C)(C[B]PI)CN(C)C. The number of halogens is 1. The Bertz CT molecular complexity index is 128. The third-order valence-electron chi connectivity index (χ3n) is 1.75. The van der Waals surface area contributed by atoms with Gasteiger partial charge in [0.05, 0.1) is 5.60 Å². The van der Waals surface area contributed by atoms with E-state index in [1.54, 1.807) is 7.11 Å². The molecule has 2 nitrogen and oxygen atoms in total. The summed E-state index contributed by atoms with van der Waals surface area (Å²) >= 11 is 2.38. The summed E-state index contributed by atoms with van der Waals surface area (Å²) in [6.07, 6.45) is 1.91. The minimum Gasteiger partial charge on any atom is -0.378 e. The normalized spacial score (nSPS) is 17.2. The number of hydrogen-bond donors (Lipinski definition) is 0. The average Bonchev–Trinajstić information content (AvgIpc) is 2.00. The van der Waals surface area contributed by atoms with E-state index >= 15 is 0 Å². The van der Waals surface area contributed by atoms with Crippen molar-refractivity contribution in [3.63, 3.8) is 0 Å². The second-order valence-electron chi connectivity index (χ2n) is 3.41. The van der Waals surface area contributed by atoms with Crippen LogP contribution in [0.5, 0.6) is 0 Å². The lowest BCUT2D eigenvalue weighted by Gasteiger charge is -2.30. The van der Waals surface area contributed by atoms with E-state index in [-0.39, 0.29) is 5.60 Å². The zero-order valence-electron chi connectivity index (χ0n) is 8.22. The summed E-state index contributed by atoms with van der Waals surface area (Å²) in [7, 11) is 5.93. The van der Waals surface area contributed by atoms with Crippen molar-refractivity contribution in [2.75, 3.05) is 27.7 Å². The molecular formula is C7H17BINOP. The monoisotopic (exact) mass is 300 g/mol. The smallest absolute Gasteiger partial charge is 0.159 e. The predicted molar refractivity (Wildman–Crippen MR) is 66.9 cm³/mol. The number of ether oxygens (including phenoxy) is 1. The standard InChI is InChI=1S/C7H17BINOP/c1-7(11-4,5-8-12-9)6-10(2)3/h12H,5-6H2,1-4H3. The van der Waals surface area contributed by atoms with Crippen molar-refractivity contribution in [2.24, 2.45) is 0 Å². The van der Waals surface area contributed by atoms with Gasteiger partial charge in [-0.05, 0) is 27.3 Å². The highest BCUT2D eigenvalue weighted by atomic mass is 127. The van der Waals surface area contributed by atoms with Crippen molar-refractivity contribution >= 4 is 35.1 Å². The summed E-state index contributed by atoms with van der Waals surface area (Å²) in [6.45, 7) is 5.41. The lowest BCUT2D eigenvalue weighted by molar-refractivity contribution is 0.00335. The molecule has 0 rings (SSSR count). The van der Waals surface area contributed by atoms with Crippen molar-refractivity contribution < 1.29 is 4.74 Å². The van der Waals surface area contributed by atoms with Gasteiger partial charge in [0.15, 0.2) is 7.00 Å². The highest BCUT2D eigenvalue weighted by molar-refractivity contribution is 14.2. The first-order chi connectivity index (χ1) is 5.54. The van der Waals surface area contributed by atoms with Crippen molar-refractivity contribution in [2.45, 2.75) is 18.8 Å². The molecule has 2 unspecified atom stereocenters. The van der Waals surface area contributed by atoms with E-state index < -0.39 is 0 Å². The molecule has 0 fully saturated rings. The zero-order valence-corrected chi connectivity index (χ0v) is 11.4. The molecule has 0 aromatic rings. The molecule has 0 bridgehead atoms. The number of likely N-dealkylation sites (N-methyl/N-ethyl adjacent to an activating group) is 1. The Hall–Kier alpha value is 1.14. The quantitative estimate of drug-likeness (QED) is 0.423. The van der Waals surface area contributed by atoms with Crippen molar-refractivity contribution in [3.8, 4) is 0 Å². The van der Waals surface area contributed by atoms with Crippen LogP contribution in [-0.2, 0) is 4.74 Å². The maximum absolute atomic E-state index is 5.48. The van der Waals surface area contributed by atoms with E-state index in [4.69, 9.17) is 4.74 Å². The van der Waals surface area contributed by atoms with Gasteiger partial charge in [0, 0.05) is 13.7 Å². The minimum atomic E-state index is -0.0122. The third kappa shape index (κ3) is 5.73. The lowest BCUT2D eigenvalue weighted by Crippen LogP contribution is -2.39. The van der Waals surface area contributed by atoms with Crippen LogP contribution >= 0.6 is 28.1 Å². The van der Waals surface area contributed by atoms with Gasteiger partial charge in [-0.3, -0.25) is 0 Å². The number of nitrogens with zero attached hydrogens (tertiary/aromatic N) is 1. The van der Waals surface area contributed by atoms with Crippen LogP contribution in [-0.4, -0.2) is 45.2 Å². The Morgan fingerprint density at radius 2 is 2.17 bits per heavy atom. The topological polar surface area (TPSA) is 12.5 Å². The second kappa shape index (κ2) is 6.58. The molecule has 0 aromatic heterocycles. The molecule has 0 N–H and O–H groups in total. The Morgan fingerprint density at radius 1 is 1.58 bits per heavy atom. The van der Waals surface area contributed by atoms with Gasteiger partial charge >= 0.3 is 0 Å². The molecule has 0 amide bonds. The fourth-order valence-corrected chi connectivity index (χ4v) is 2.31. The molecular weight excluding hydrogens is 283 g/mol. The average molecular weight is 300 g/mol. The molecule has 0 aliphatic carbocycles. The van der Waals surface area contributed by atoms with E-state index in [0.29, 0.717) is 0 Å². The van der Waals surface area contributed by atoms with Gasteiger partial charge in [-0.1, -0.05) is 28.1 Å². The zero-order chi connectivity index (χ0) is 9.61. The van der Waals surface area contributed by atoms with Gasteiger partial charge in [-0.2, -0.15) is 0 Å². The van der Waals surface area contributed by atoms with Gasteiger partial charge in [0.25, 0.3) is 0 Å². The molecule has 2 atom stereocenters. The highest BCUT2D eigenvalue weighted by Crippen LogP contribution is 2.25. The summed E-state index contributed by atoms with van der Waals surface area (Å²) in [5, 5.41) is 0. The van der Waals surface area contributed by atoms with Gasteiger partial charge < -0.3 is 9.64 Å². The molecule has 0 saturated heterocycles. The molecule has 0 aliphatic heterocycles. The first-order valence-electron chi connectivity index (χ1n) is 3.92. The molecule has 0 saturated carbocycles. The Labute approximate surface area is 91.3 Å². The van der Waals surface area contributed by atoms with Gasteiger partial charge in [-0.15, -0.1) is 0 Å². The van der Waals surface area contributed by atoms with E-state index in [9.17, 15) is 0 Å². The summed E-state index contributed by atoms with van der Waals surface area (Å²) < 4.78 is 5.48. The molecule has 12 heavy (non-hydrogen) atoms. The predicted octanol–water partition coefficient (Wildman–Crippen LogP) is 2.02. The Kier molecular flexibility index (Phi) is 7.20. The first-order valence-corrected chi connectivity index (χ1v) is 8.11. The molecule has 71 valence electrons. The maximum atomic E-state index is 5.48. The maximum Gasteiger partial charge on any atom is 0.159 e. The van der Waals surface area contributed by atoms with Crippen molar-refractivity contribution in [3.05, 3.63) is 0 Å². The third-order valence-corrected chi connectivity index (χ3v) is 3.43. The van der Waals surface area contributed by atoms with Crippen LogP contribution in [0.15, 0.2) is 0 Å². The first kappa shape index (κ1) is 13.1. The van der Waals surface area contributed by atoms with Crippen molar-refractivity contribution in [1.82, 2.24) is 4.90 Å². The molecule has 0 heterocycles. The number of methoxy groups -OCH3 is 1.